The van der Waals surface area contributed by atoms with Crippen molar-refractivity contribution in [2.45, 2.75) is 31.6 Å². The zero-order valence-corrected chi connectivity index (χ0v) is 20.6. The van der Waals surface area contributed by atoms with Gasteiger partial charge in [0.15, 0.2) is 5.78 Å². The molecule has 1 amide bonds. The first-order valence-corrected chi connectivity index (χ1v) is 12.1. The lowest BCUT2D eigenvalue weighted by Crippen LogP contribution is -2.53. The maximum atomic E-state index is 13.8. The lowest BCUT2D eigenvalue weighted by atomic mass is 9.63. The quantitative estimate of drug-likeness (QED) is 0.552. The monoisotopic (exact) mass is 541 g/mol. The molecule has 0 saturated heterocycles. The van der Waals surface area contributed by atoms with Gasteiger partial charge in [0.2, 0.25) is 5.91 Å². The number of anilines is 2. The van der Waals surface area contributed by atoms with Crippen LogP contribution in [-0.4, -0.2) is 24.3 Å². The molecule has 7 nitrogen and oxygen atoms in total. The molecule has 1 spiro atoms. The summed E-state index contributed by atoms with van der Waals surface area (Å²) in [4.78, 5) is 42.6. The summed E-state index contributed by atoms with van der Waals surface area (Å²) < 4.78 is 6.26. The molecule has 1 atom stereocenters. The predicted molar refractivity (Wildman–Crippen MR) is 132 cm³/mol. The maximum absolute atomic E-state index is 13.8. The summed E-state index contributed by atoms with van der Waals surface area (Å²) in [6.07, 6.45) is 1.37. The van der Waals surface area contributed by atoms with Crippen molar-refractivity contribution in [1.29, 1.82) is 0 Å². The van der Waals surface area contributed by atoms with E-state index in [1.54, 1.807) is 30.0 Å². The highest BCUT2D eigenvalue weighted by Crippen LogP contribution is 2.56. The van der Waals surface area contributed by atoms with Gasteiger partial charge in [0.1, 0.15) is 16.8 Å². The number of amides is 1. The van der Waals surface area contributed by atoms with Crippen LogP contribution < -0.4 is 16.0 Å². The van der Waals surface area contributed by atoms with Crippen molar-refractivity contribution in [3.05, 3.63) is 80.2 Å². The average Bonchev–Trinajstić information content (AvgIpc) is 3.07. The van der Waals surface area contributed by atoms with Crippen molar-refractivity contribution in [2.24, 2.45) is 5.73 Å². The van der Waals surface area contributed by atoms with E-state index in [2.05, 4.69) is 21.2 Å². The van der Waals surface area contributed by atoms with Crippen LogP contribution in [0.4, 0.5) is 11.4 Å². The molecule has 0 saturated carbocycles. The molecule has 2 heterocycles. The highest BCUT2D eigenvalue weighted by Gasteiger charge is 2.62. The van der Waals surface area contributed by atoms with E-state index < -0.39 is 17.3 Å². The second-order valence-corrected chi connectivity index (χ2v) is 9.64. The van der Waals surface area contributed by atoms with Gasteiger partial charge in [-0.15, -0.1) is 0 Å². The number of hydrogen-bond donors (Lipinski definition) is 2. The summed E-state index contributed by atoms with van der Waals surface area (Å²) in [5.41, 5.74) is 7.33. The Bertz CT molecular complexity index is 1320. The standard InChI is InChI=1S/C25H21BrClN3O4/c1-2-34-23(32)21-22(28)30(15-9-6-13(26)7-10-15)18-4-3-5-19(31)20(18)25(21)16-12-14(27)8-11-17(16)29-24(25)33/h6-12H,2-5,28H2,1H3,(H,29,33). The minimum Gasteiger partial charge on any atom is -0.462 e. The number of hydrogen-bond acceptors (Lipinski definition) is 6. The Labute approximate surface area is 209 Å². The Balaban J connectivity index is 1.90. The fourth-order valence-corrected chi connectivity index (χ4v) is 5.60. The van der Waals surface area contributed by atoms with Gasteiger partial charge in [-0.2, -0.15) is 0 Å². The first kappa shape index (κ1) is 22.7. The van der Waals surface area contributed by atoms with Gasteiger partial charge in [-0.05, 0) is 62.2 Å². The molecule has 0 aromatic heterocycles. The predicted octanol–water partition coefficient (Wildman–Crippen LogP) is 4.55. The molecule has 0 fully saturated rings. The van der Waals surface area contributed by atoms with Crippen LogP contribution in [0.5, 0.6) is 0 Å². The Hall–Kier alpha value is -3.10. The van der Waals surface area contributed by atoms with E-state index in [4.69, 9.17) is 22.1 Å². The van der Waals surface area contributed by atoms with Crippen molar-refractivity contribution < 1.29 is 19.1 Å². The number of nitrogens with two attached hydrogens (primary N) is 1. The largest absolute Gasteiger partial charge is 0.462 e. The third-order valence-corrected chi connectivity index (χ3v) is 7.20. The Kier molecular flexibility index (Phi) is 5.53. The van der Waals surface area contributed by atoms with E-state index in [0.717, 1.165) is 4.47 Å². The van der Waals surface area contributed by atoms with Crippen LogP contribution in [0.2, 0.25) is 5.02 Å². The second kappa shape index (κ2) is 8.29. The lowest BCUT2D eigenvalue weighted by Gasteiger charge is -2.44. The first-order chi connectivity index (χ1) is 16.3. The van der Waals surface area contributed by atoms with Crippen LogP contribution in [-0.2, 0) is 24.5 Å². The van der Waals surface area contributed by atoms with Crippen molar-refractivity contribution in [2.75, 3.05) is 16.8 Å². The molecule has 1 unspecified atom stereocenters. The van der Waals surface area contributed by atoms with E-state index >= 15 is 0 Å². The van der Waals surface area contributed by atoms with Crippen LogP contribution >= 0.6 is 27.5 Å². The number of nitrogens with zero attached hydrogens (tertiary/aromatic N) is 1. The van der Waals surface area contributed by atoms with Gasteiger partial charge >= 0.3 is 5.97 Å². The lowest BCUT2D eigenvalue weighted by molar-refractivity contribution is -0.140. The normalized spacial score (nSPS) is 21.6. The van der Waals surface area contributed by atoms with E-state index in [0.29, 0.717) is 40.5 Å². The van der Waals surface area contributed by atoms with E-state index in [9.17, 15) is 14.4 Å². The third kappa shape index (κ3) is 3.12. The fraction of sp³-hybridized carbons (Fsp3) is 0.240. The number of fused-ring (bicyclic) bond motifs is 3. The van der Waals surface area contributed by atoms with E-state index in [-0.39, 0.29) is 35.8 Å². The second-order valence-electron chi connectivity index (χ2n) is 8.28. The molecule has 34 heavy (non-hydrogen) atoms. The highest BCUT2D eigenvalue weighted by molar-refractivity contribution is 9.10. The molecule has 3 aliphatic rings. The van der Waals surface area contributed by atoms with Gasteiger partial charge in [0, 0.05) is 44.1 Å². The van der Waals surface area contributed by atoms with Crippen molar-refractivity contribution in [1.82, 2.24) is 0 Å². The average molecular weight is 543 g/mol. The molecule has 2 aromatic carbocycles. The molecule has 2 aromatic rings. The topological polar surface area (TPSA) is 102 Å². The number of Topliss-reactive ketones (excluding diaryl/α,β-unsaturated/α-hetero) is 1. The molecule has 3 N–H and O–H groups in total. The van der Waals surface area contributed by atoms with Gasteiger partial charge in [0.25, 0.3) is 0 Å². The van der Waals surface area contributed by atoms with Crippen LogP contribution in [0.25, 0.3) is 0 Å². The van der Waals surface area contributed by atoms with Crippen LogP contribution in [0.15, 0.2) is 69.6 Å². The molecule has 2 aliphatic heterocycles. The van der Waals surface area contributed by atoms with E-state index in [1.807, 2.05) is 24.3 Å². The van der Waals surface area contributed by atoms with Crippen molar-refractivity contribution in [3.8, 4) is 0 Å². The van der Waals surface area contributed by atoms with Gasteiger partial charge in [-0.3, -0.25) is 14.5 Å². The summed E-state index contributed by atoms with van der Waals surface area (Å²) in [5.74, 6) is -1.43. The Morgan fingerprint density at radius 3 is 2.65 bits per heavy atom. The van der Waals surface area contributed by atoms with Crippen molar-refractivity contribution in [3.63, 3.8) is 0 Å². The third-order valence-electron chi connectivity index (χ3n) is 6.44. The van der Waals surface area contributed by atoms with Crippen molar-refractivity contribution >= 4 is 56.6 Å². The molecule has 1 aliphatic carbocycles. The zero-order chi connectivity index (χ0) is 24.2. The maximum Gasteiger partial charge on any atom is 0.339 e. The summed E-state index contributed by atoms with van der Waals surface area (Å²) in [6.45, 7) is 1.75. The zero-order valence-electron chi connectivity index (χ0n) is 18.3. The minimum atomic E-state index is -1.74. The van der Waals surface area contributed by atoms with Gasteiger partial charge in [-0.1, -0.05) is 27.5 Å². The Morgan fingerprint density at radius 1 is 1.21 bits per heavy atom. The van der Waals surface area contributed by atoms with Crippen LogP contribution in [0.3, 0.4) is 0 Å². The minimum absolute atomic E-state index is 0.0530. The summed E-state index contributed by atoms with van der Waals surface area (Å²) in [6, 6.07) is 12.3. The molecule has 9 heteroatoms. The number of ether oxygens (including phenoxy) is 1. The van der Waals surface area contributed by atoms with Gasteiger partial charge in [0.05, 0.1) is 6.61 Å². The molecular weight excluding hydrogens is 522 g/mol. The molecule has 0 radical (unpaired) electrons. The number of halogens is 2. The number of allylic oxidation sites excluding steroid dienone is 1. The number of esters is 1. The molecular formula is C25H21BrClN3O4. The number of ketones is 1. The number of nitrogens with one attached hydrogen (secondary N) is 1. The fourth-order valence-electron chi connectivity index (χ4n) is 5.17. The number of rotatable bonds is 3. The Morgan fingerprint density at radius 2 is 1.94 bits per heavy atom. The summed E-state index contributed by atoms with van der Waals surface area (Å²) in [7, 11) is 0. The smallest absolute Gasteiger partial charge is 0.339 e. The number of carbonyl (C=O) groups is 3. The van der Waals surface area contributed by atoms with Gasteiger partial charge in [-0.25, -0.2) is 4.79 Å². The SMILES string of the molecule is CCOC(=O)C1=C(N)N(c2ccc(Br)cc2)C2=C(C(=O)CCC2)C12C(=O)Nc1ccc(Cl)cc12. The number of carbonyl (C=O) groups excluding carboxylic acids is 3. The molecule has 5 rings (SSSR count). The van der Waals surface area contributed by atoms with Crippen LogP contribution in [0, 0.1) is 0 Å². The summed E-state index contributed by atoms with van der Waals surface area (Å²) >= 11 is 9.76. The number of benzene rings is 2. The van der Waals surface area contributed by atoms with Crippen LogP contribution in [0.1, 0.15) is 31.7 Å². The first-order valence-electron chi connectivity index (χ1n) is 10.9. The molecule has 174 valence electrons. The van der Waals surface area contributed by atoms with E-state index in [1.165, 1.54) is 0 Å². The summed E-state index contributed by atoms with van der Waals surface area (Å²) in [5, 5.41) is 3.21. The molecule has 0 bridgehead atoms. The van der Waals surface area contributed by atoms with Gasteiger partial charge < -0.3 is 15.8 Å². The highest BCUT2D eigenvalue weighted by atomic mass is 79.9.